The van der Waals surface area contributed by atoms with Gasteiger partial charge in [-0.25, -0.2) is 0 Å². The van der Waals surface area contributed by atoms with E-state index >= 15 is 0 Å². The first-order valence-electron chi connectivity index (χ1n) is 12.1. The molecule has 0 amide bonds. The second kappa shape index (κ2) is 12.4. The van der Waals surface area contributed by atoms with E-state index in [0.717, 1.165) is 0 Å². The SMILES string of the molecule is [CH3][Sn]([CH3])([C](=O)/C(=C/c1cccc(F)c1)c1ccc(Cl)cc1)[C](=O)/C(=C/c1cccc(F)c1)c1ccc(Cl)cc1. The molecule has 0 radical (unpaired) electrons. The molecule has 0 bridgehead atoms. The van der Waals surface area contributed by atoms with Gasteiger partial charge in [0.2, 0.25) is 0 Å². The first-order valence-corrected chi connectivity index (χ1v) is 21.4. The molecule has 4 aromatic carbocycles. The number of benzene rings is 4. The van der Waals surface area contributed by atoms with Crippen LogP contribution in [-0.2, 0) is 9.59 Å². The summed E-state index contributed by atoms with van der Waals surface area (Å²) >= 11 is 7.78. The predicted molar refractivity (Wildman–Crippen MR) is 159 cm³/mol. The summed E-state index contributed by atoms with van der Waals surface area (Å²) in [5.41, 5.74) is 2.77. The number of carbonyl (C=O) groups excluding carboxylic acids is 2. The van der Waals surface area contributed by atoms with E-state index in [0.29, 0.717) is 43.4 Å². The summed E-state index contributed by atoms with van der Waals surface area (Å²) in [6.07, 6.45) is 3.22. The van der Waals surface area contributed by atoms with Crippen LogP contribution in [0.3, 0.4) is 0 Å². The van der Waals surface area contributed by atoms with Crippen LogP contribution < -0.4 is 0 Å². The Labute approximate surface area is 240 Å². The van der Waals surface area contributed by atoms with Crippen molar-refractivity contribution < 1.29 is 18.4 Å². The van der Waals surface area contributed by atoms with Gasteiger partial charge in [-0.1, -0.05) is 0 Å². The maximum atomic E-state index is 14.2. The van der Waals surface area contributed by atoms with Crippen molar-refractivity contribution in [2.24, 2.45) is 0 Å². The normalized spacial score (nSPS) is 12.4. The molecule has 0 unspecified atom stereocenters. The second-order valence-corrected chi connectivity index (χ2v) is 22.3. The molecular formula is C32H24Cl2F2O2Sn. The van der Waals surface area contributed by atoms with Crippen molar-refractivity contribution >= 4 is 72.5 Å². The fourth-order valence-corrected chi connectivity index (χ4v) is 10.0. The van der Waals surface area contributed by atoms with Gasteiger partial charge in [0, 0.05) is 0 Å². The Morgan fingerprint density at radius 3 is 1.31 bits per heavy atom. The number of hydrogen-bond donors (Lipinski definition) is 0. The zero-order valence-electron chi connectivity index (χ0n) is 21.2. The molecule has 196 valence electrons. The van der Waals surface area contributed by atoms with Crippen molar-refractivity contribution in [1.29, 1.82) is 0 Å². The fourth-order valence-electron chi connectivity index (χ4n) is 4.12. The molecule has 0 aliphatic rings. The summed E-state index contributed by atoms with van der Waals surface area (Å²) in [5.74, 6) is -0.873. The summed E-state index contributed by atoms with van der Waals surface area (Å²) in [5, 5.41) is 0.997. The molecule has 0 atom stereocenters. The Balaban J connectivity index is 1.84. The topological polar surface area (TPSA) is 34.1 Å². The van der Waals surface area contributed by atoms with Crippen LogP contribution in [-0.4, -0.2) is 26.0 Å². The van der Waals surface area contributed by atoms with Crippen LogP contribution in [0.2, 0.25) is 19.9 Å². The second-order valence-electron chi connectivity index (χ2n) is 9.52. The number of halogens is 4. The van der Waals surface area contributed by atoms with Crippen LogP contribution >= 0.6 is 23.2 Å². The van der Waals surface area contributed by atoms with E-state index in [1.807, 2.05) is 0 Å². The number of allylic oxidation sites excluding steroid dienone is 2. The quantitative estimate of drug-likeness (QED) is 0.107. The molecule has 0 heterocycles. The van der Waals surface area contributed by atoms with Gasteiger partial charge in [0.05, 0.1) is 0 Å². The monoisotopic (exact) mass is 668 g/mol. The van der Waals surface area contributed by atoms with Gasteiger partial charge in [0.15, 0.2) is 0 Å². The van der Waals surface area contributed by atoms with E-state index in [4.69, 9.17) is 23.2 Å². The fraction of sp³-hybridized carbons (Fsp3) is 0.0625. The van der Waals surface area contributed by atoms with Crippen LogP contribution in [0.15, 0.2) is 97.1 Å². The standard InChI is InChI=1S/2C15H9ClFO.2CH3.Sn/c2*16-14-6-4-12(5-7-14)13(10-18)8-11-2-1-3-15(17)9-11;;;/h2*1-9H;2*1H3;/b2*13-8-;;;. The third-order valence-electron chi connectivity index (χ3n) is 6.25. The van der Waals surface area contributed by atoms with Crippen LogP contribution in [0.4, 0.5) is 8.78 Å². The van der Waals surface area contributed by atoms with Gasteiger partial charge >= 0.3 is 242 Å². The molecule has 4 aromatic rings. The summed E-state index contributed by atoms with van der Waals surface area (Å²) in [7, 11) is 0. The van der Waals surface area contributed by atoms with Crippen molar-refractivity contribution in [3.8, 4) is 0 Å². The molecule has 7 heteroatoms. The van der Waals surface area contributed by atoms with Crippen molar-refractivity contribution in [3.05, 3.63) is 141 Å². The summed E-state index contributed by atoms with van der Waals surface area (Å²) in [6.45, 7) is 0. The van der Waals surface area contributed by atoms with E-state index in [2.05, 4.69) is 0 Å². The summed E-state index contributed by atoms with van der Waals surface area (Å²) < 4.78 is 27.4. The van der Waals surface area contributed by atoms with Crippen LogP contribution in [0.5, 0.6) is 0 Å². The molecule has 0 saturated heterocycles. The van der Waals surface area contributed by atoms with E-state index < -0.39 is 30.0 Å². The third kappa shape index (κ3) is 7.13. The van der Waals surface area contributed by atoms with Crippen LogP contribution in [0.25, 0.3) is 23.3 Å². The van der Waals surface area contributed by atoms with Gasteiger partial charge in [-0.3, -0.25) is 0 Å². The van der Waals surface area contributed by atoms with Crippen molar-refractivity contribution in [3.63, 3.8) is 0 Å². The molecule has 0 aromatic heterocycles. The molecule has 4 rings (SSSR count). The molecule has 0 N–H and O–H groups in total. The Kier molecular flexibility index (Phi) is 9.21. The van der Waals surface area contributed by atoms with Crippen molar-refractivity contribution in [2.75, 3.05) is 0 Å². The number of carbonyl (C=O) groups is 2. The molecule has 39 heavy (non-hydrogen) atoms. The molecule has 0 fully saturated rings. The Hall–Kier alpha value is -3.06. The van der Waals surface area contributed by atoms with Gasteiger partial charge in [-0.2, -0.15) is 0 Å². The molecule has 0 saturated carbocycles. The van der Waals surface area contributed by atoms with Gasteiger partial charge in [-0.05, 0) is 0 Å². The van der Waals surface area contributed by atoms with E-state index in [1.165, 1.54) is 24.3 Å². The third-order valence-corrected chi connectivity index (χ3v) is 14.8. The average molecular weight is 668 g/mol. The predicted octanol–water partition coefficient (Wildman–Crippen LogP) is 8.98. The molecule has 0 aliphatic carbocycles. The van der Waals surface area contributed by atoms with Crippen LogP contribution in [0, 0.1) is 11.6 Å². The van der Waals surface area contributed by atoms with E-state index in [-0.39, 0.29) is 7.60 Å². The number of hydrogen-bond acceptors (Lipinski definition) is 2. The van der Waals surface area contributed by atoms with Crippen LogP contribution in [0.1, 0.15) is 22.3 Å². The Bertz CT molecular complexity index is 1470. The van der Waals surface area contributed by atoms with E-state index in [9.17, 15) is 18.4 Å². The Morgan fingerprint density at radius 1 is 0.615 bits per heavy atom. The molecule has 0 aliphatic heterocycles. The number of rotatable bonds is 8. The van der Waals surface area contributed by atoms with E-state index in [1.54, 1.807) is 94.8 Å². The molecule has 0 spiro atoms. The summed E-state index contributed by atoms with van der Waals surface area (Å²) in [6, 6.07) is 25.3. The minimum atomic E-state index is -4.39. The van der Waals surface area contributed by atoms with Gasteiger partial charge in [-0.15, -0.1) is 0 Å². The van der Waals surface area contributed by atoms with Crippen molar-refractivity contribution in [2.45, 2.75) is 9.88 Å². The van der Waals surface area contributed by atoms with Crippen molar-refractivity contribution in [1.82, 2.24) is 0 Å². The zero-order chi connectivity index (χ0) is 28.2. The van der Waals surface area contributed by atoms with Gasteiger partial charge in [0.1, 0.15) is 0 Å². The van der Waals surface area contributed by atoms with Gasteiger partial charge in [0.25, 0.3) is 0 Å². The average Bonchev–Trinajstić information content (AvgIpc) is 2.91. The first kappa shape index (κ1) is 28.9. The van der Waals surface area contributed by atoms with Gasteiger partial charge < -0.3 is 0 Å². The first-order chi connectivity index (χ1) is 18.5. The molecular weight excluding hydrogens is 644 g/mol. The summed E-state index contributed by atoms with van der Waals surface area (Å²) in [4.78, 5) is 32.0. The zero-order valence-corrected chi connectivity index (χ0v) is 25.6. The minimum absolute atomic E-state index is 0.264. The Morgan fingerprint density at radius 2 is 0.974 bits per heavy atom. The molecule has 2 nitrogen and oxygen atoms in total. The maximum absolute atomic E-state index is 14.2.